The number of ketones is 1. The summed E-state index contributed by atoms with van der Waals surface area (Å²) in [6.07, 6.45) is 0.636. The normalized spacial score (nSPS) is 13.0. The zero-order valence-electron chi connectivity index (χ0n) is 24.3. The second kappa shape index (κ2) is 14.2. The molecule has 4 aromatic rings. The molecule has 0 radical (unpaired) electrons. The van der Waals surface area contributed by atoms with Crippen LogP contribution in [0.3, 0.4) is 0 Å². The van der Waals surface area contributed by atoms with Crippen molar-refractivity contribution in [3.63, 3.8) is 0 Å². The van der Waals surface area contributed by atoms with Crippen molar-refractivity contribution < 1.29 is 31.5 Å². The summed E-state index contributed by atoms with van der Waals surface area (Å²) in [7, 11) is -7.41. The number of rotatable bonds is 14. The van der Waals surface area contributed by atoms with Gasteiger partial charge < -0.3 is 9.53 Å². The molecule has 0 saturated carbocycles. The molecule has 0 aliphatic heterocycles. The zero-order chi connectivity index (χ0) is 32.0. The molecular weight excluding hydrogens is 624 g/mol. The number of sulfonamides is 1. The summed E-state index contributed by atoms with van der Waals surface area (Å²) in [6, 6.07) is 26.3. The minimum absolute atomic E-state index is 0.00285. The first-order valence-corrected chi connectivity index (χ1v) is 17.8. The maximum atomic E-state index is 13.6. The Morgan fingerprint density at radius 3 is 1.95 bits per heavy atom. The summed E-state index contributed by atoms with van der Waals surface area (Å²) < 4.78 is 62.2. The number of benzene rings is 4. The molecule has 11 heteroatoms. The van der Waals surface area contributed by atoms with E-state index in [2.05, 4.69) is 4.72 Å². The summed E-state index contributed by atoms with van der Waals surface area (Å²) in [6.45, 7) is 3.21. The number of hydrogen-bond acceptors (Lipinski definition) is 5. The van der Waals surface area contributed by atoms with E-state index in [1.165, 1.54) is 24.3 Å². The van der Waals surface area contributed by atoms with Crippen molar-refractivity contribution in [3.05, 3.63) is 125 Å². The van der Waals surface area contributed by atoms with E-state index in [1.54, 1.807) is 0 Å². The van der Waals surface area contributed by atoms with Gasteiger partial charge in [-0.25, -0.2) is 21.9 Å². The molecule has 0 fully saturated rings. The molecule has 0 bridgehead atoms. The summed E-state index contributed by atoms with van der Waals surface area (Å²) in [5.41, 5.74) is -0.191. The van der Waals surface area contributed by atoms with E-state index in [-0.39, 0.29) is 23.5 Å². The minimum atomic E-state index is -4.02. The van der Waals surface area contributed by atoms with Crippen LogP contribution in [0.1, 0.15) is 37.0 Å². The molecule has 44 heavy (non-hydrogen) atoms. The lowest BCUT2D eigenvalue weighted by atomic mass is 10.0. The van der Waals surface area contributed by atoms with Crippen LogP contribution in [0.25, 0.3) is 0 Å². The third kappa shape index (κ3) is 8.06. The molecule has 0 aromatic heterocycles. The Morgan fingerprint density at radius 2 is 1.43 bits per heavy atom. The average Bonchev–Trinajstić information content (AvgIpc) is 2.99. The van der Waals surface area contributed by atoms with Gasteiger partial charge in [-0.3, -0.25) is 4.79 Å². The molecule has 0 amide bonds. The van der Waals surface area contributed by atoms with E-state index in [0.29, 0.717) is 17.5 Å². The van der Waals surface area contributed by atoms with Crippen LogP contribution in [0.5, 0.6) is 0 Å². The summed E-state index contributed by atoms with van der Waals surface area (Å²) >= 11 is 5.95. The Bertz CT molecular complexity index is 1610. The van der Waals surface area contributed by atoms with Gasteiger partial charge in [0.05, 0.1) is 11.5 Å². The molecule has 0 spiro atoms. The standard InChI is InChI=1S/C33H34ClF2NO5SSi/c1-33(2,44(41,30-9-5-3-6-10-30)31-11-7-4-8-12-31)18-17-28(37-43(39,40)29-15-13-25(34)14-16-29)22-42-23-32(38)24-19-26(35)21-27(36)20-24/h3-16,19-21,28,37,41H,17-18,22-23H2,1-2H3. The van der Waals surface area contributed by atoms with Crippen molar-refractivity contribution in [1.82, 2.24) is 4.72 Å². The quantitative estimate of drug-likeness (QED) is 0.139. The molecule has 0 aliphatic carbocycles. The van der Waals surface area contributed by atoms with Crippen molar-refractivity contribution >= 4 is 46.1 Å². The summed E-state index contributed by atoms with van der Waals surface area (Å²) in [5.74, 6) is -2.44. The minimum Gasteiger partial charge on any atom is -0.424 e. The summed E-state index contributed by atoms with van der Waals surface area (Å²) in [5, 5.41) is 1.33. The second-order valence-corrected chi connectivity index (χ2v) is 17.3. The molecule has 0 saturated heterocycles. The molecule has 6 nitrogen and oxygen atoms in total. The van der Waals surface area contributed by atoms with Crippen LogP contribution in [-0.2, 0) is 14.8 Å². The van der Waals surface area contributed by atoms with Gasteiger partial charge in [-0.1, -0.05) is 86.1 Å². The maximum Gasteiger partial charge on any atom is 0.258 e. The van der Waals surface area contributed by atoms with Gasteiger partial charge in [-0.15, -0.1) is 0 Å². The number of ether oxygens (including phenoxy) is 1. The van der Waals surface area contributed by atoms with Gasteiger partial charge >= 0.3 is 0 Å². The second-order valence-electron chi connectivity index (χ2n) is 11.2. The van der Waals surface area contributed by atoms with Gasteiger partial charge in [-0.05, 0) is 64.7 Å². The molecule has 1 atom stereocenters. The van der Waals surface area contributed by atoms with Gasteiger partial charge in [0.2, 0.25) is 10.0 Å². The van der Waals surface area contributed by atoms with Crippen LogP contribution >= 0.6 is 11.6 Å². The Labute approximate surface area is 262 Å². The lowest BCUT2D eigenvalue weighted by Gasteiger charge is -2.42. The van der Waals surface area contributed by atoms with Gasteiger partial charge in [0.25, 0.3) is 8.32 Å². The van der Waals surface area contributed by atoms with Crippen molar-refractivity contribution in [1.29, 1.82) is 0 Å². The largest absolute Gasteiger partial charge is 0.424 e. The Hall–Kier alpha value is -3.25. The number of carbonyl (C=O) groups is 1. The molecule has 232 valence electrons. The summed E-state index contributed by atoms with van der Waals surface area (Å²) in [4.78, 5) is 25.1. The SMILES string of the molecule is CC(C)(CCC(COCC(=O)c1cc(F)cc(F)c1)NS(=O)(=O)c1ccc(Cl)cc1)[Si](O)(c1ccccc1)c1ccccc1. The fourth-order valence-electron chi connectivity index (χ4n) is 5.19. The lowest BCUT2D eigenvalue weighted by molar-refractivity contribution is 0.0716. The number of carbonyl (C=O) groups excluding carboxylic acids is 1. The van der Waals surface area contributed by atoms with Gasteiger partial charge in [0.1, 0.15) is 18.2 Å². The molecule has 1 unspecified atom stereocenters. The monoisotopic (exact) mass is 657 g/mol. The van der Waals surface area contributed by atoms with Crippen molar-refractivity contribution in [2.75, 3.05) is 13.2 Å². The molecular formula is C33H34ClF2NO5SSi. The number of halogens is 3. The van der Waals surface area contributed by atoms with E-state index in [9.17, 15) is 26.8 Å². The number of hydrogen-bond donors (Lipinski definition) is 2. The van der Waals surface area contributed by atoms with Crippen LogP contribution in [0, 0.1) is 11.6 Å². The van der Waals surface area contributed by atoms with E-state index in [0.717, 1.165) is 22.5 Å². The van der Waals surface area contributed by atoms with Gasteiger partial charge in [-0.2, -0.15) is 0 Å². The highest BCUT2D eigenvalue weighted by Crippen LogP contribution is 2.40. The van der Waals surface area contributed by atoms with Crippen molar-refractivity contribution in [2.45, 2.75) is 42.7 Å². The average molecular weight is 658 g/mol. The Morgan fingerprint density at radius 1 is 0.909 bits per heavy atom. The first-order chi connectivity index (χ1) is 20.8. The maximum absolute atomic E-state index is 13.6. The highest BCUT2D eigenvalue weighted by molar-refractivity contribution is 7.89. The zero-order valence-corrected chi connectivity index (χ0v) is 26.9. The highest BCUT2D eigenvalue weighted by atomic mass is 35.5. The molecule has 0 heterocycles. The predicted molar refractivity (Wildman–Crippen MR) is 170 cm³/mol. The van der Waals surface area contributed by atoms with Crippen LogP contribution in [0.4, 0.5) is 8.78 Å². The first-order valence-electron chi connectivity index (χ1n) is 14.0. The Balaban J connectivity index is 1.57. The van der Waals surface area contributed by atoms with Gasteiger partial charge in [0.15, 0.2) is 5.78 Å². The Kier molecular flexibility index (Phi) is 10.9. The van der Waals surface area contributed by atoms with E-state index < -0.39 is 53.4 Å². The smallest absolute Gasteiger partial charge is 0.258 e. The highest BCUT2D eigenvalue weighted by Gasteiger charge is 2.49. The van der Waals surface area contributed by atoms with E-state index in [4.69, 9.17) is 16.3 Å². The van der Waals surface area contributed by atoms with E-state index >= 15 is 0 Å². The van der Waals surface area contributed by atoms with Crippen LogP contribution in [0.2, 0.25) is 10.1 Å². The first kappa shape index (κ1) is 33.6. The number of Topliss-reactive ketones (excluding diaryl/α,β-unsaturated/α-hetero) is 1. The molecule has 4 rings (SSSR count). The molecule has 0 aliphatic rings. The van der Waals surface area contributed by atoms with Crippen LogP contribution in [-0.4, -0.2) is 46.6 Å². The topological polar surface area (TPSA) is 92.7 Å². The third-order valence-electron chi connectivity index (χ3n) is 7.66. The van der Waals surface area contributed by atoms with Crippen molar-refractivity contribution in [2.24, 2.45) is 0 Å². The molecule has 4 aromatic carbocycles. The fourth-order valence-corrected chi connectivity index (χ4v) is 10.3. The van der Waals surface area contributed by atoms with Crippen molar-refractivity contribution in [3.8, 4) is 0 Å². The van der Waals surface area contributed by atoms with Gasteiger partial charge in [0, 0.05) is 22.7 Å². The third-order valence-corrected chi connectivity index (χ3v) is 14.0. The van der Waals surface area contributed by atoms with Crippen LogP contribution < -0.4 is 15.1 Å². The lowest BCUT2D eigenvalue weighted by Crippen LogP contribution is -2.65. The molecule has 2 N–H and O–H groups in total. The predicted octanol–water partition coefficient (Wildman–Crippen LogP) is 5.48. The fraction of sp³-hybridized carbons (Fsp3) is 0.242. The number of nitrogens with one attached hydrogen (secondary N) is 1. The van der Waals surface area contributed by atoms with E-state index in [1.807, 2.05) is 74.5 Å². The van der Waals surface area contributed by atoms with Crippen LogP contribution in [0.15, 0.2) is 108 Å².